The molecule has 0 unspecified atom stereocenters. The molecule has 9 heteroatoms. The highest BCUT2D eigenvalue weighted by Gasteiger charge is 2.15. The topological polar surface area (TPSA) is 83.1 Å². The maximum Gasteiger partial charge on any atom is 0.267 e. The van der Waals surface area contributed by atoms with E-state index in [0.29, 0.717) is 20.6 Å². The van der Waals surface area contributed by atoms with Gasteiger partial charge in [-0.1, -0.05) is 29.8 Å². The summed E-state index contributed by atoms with van der Waals surface area (Å²) in [6.45, 7) is 4.08. The molecule has 4 aromatic rings. The summed E-state index contributed by atoms with van der Waals surface area (Å²) in [6.07, 6.45) is 1.58. The molecule has 3 heterocycles. The van der Waals surface area contributed by atoms with Crippen LogP contribution < -0.4 is 5.32 Å². The van der Waals surface area contributed by atoms with E-state index in [1.165, 1.54) is 11.3 Å². The Morgan fingerprint density at radius 2 is 2.06 bits per heavy atom. The summed E-state index contributed by atoms with van der Waals surface area (Å²) >= 11 is 7.56. The highest BCUT2D eigenvalue weighted by Crippen LogP contribution is 2.31. The van der Waals surface area contributed by atoms with Gasteiger partial charge in [-0.05, 0) is 24.3 Å². The van der Waals surface area contributed by atoms with Crippen molar-refractivity contribution < 1.29 is 9.53 Å². The molecule has 0 saturated carbocycles. The molecule has 2 aromatic carbocycles. The third-order valence-electron chi connectivity index (χ3n) is 5.10. The van der Waals surface area contributed by atoms with Crippen LogP contribution in [0.2, 0.25) is 5.02 Å². The molecule has 1 aliphatic heterocycles. The van der Waals surface area contributed by atoms with Crippen molar-refractivity contribution in [3.8, 4) is 10.6 Å². The Morgan fingerprint density at radius 3 is 2.90 bits per heavy atom. The number of carbonyl (C=O) groups excluding carboxylic acids is 1. The van der Waals surface area contributed by atoms with Crippen molar-refractivity contribution in [3.63, 3.8) is 0 Å². The maximum atomic E-state index is 12.7. The number of amides is 1. The molecule has 1 amide bonds. The fraction of sp³-hybridized carbons (Fsp3) is 0.227. The van der Waals surface area contributed by atoms with E-state index in [9.17, 15) is 4.79 Å². The number of fused-ring (bicyclic) bond motifs is 1. The van der Waals surface area contributed by atoms with Gasteiger partial charge in [-0.25, -0.2) is 9.97 Å². The second-order valence-corrected chi connectivity index (χ2v) is 8.71. The Morgan fingerprint density at radius 1 is 1.23 bits per heavy atom. The molecule has 1 aliphatic rings. The predicted molar refractivity (Wildman–Crippen MR) is 123 cm³/mol. The number of aromatic nitrogens is 3. The summed E-state index contributed by atoms with van der Waals surface area (Å²) in [5.74, 6) is 0.704. The number of aromatic amines is 1. The number of nitrogens with zero attached hydrogens (tertiary/aromatic N) is 3. The molecule has 0 atom stereocenters. The van der Waals surface area contributed by atoms with E-state index in [0.717, 1.165) is 55.3 Å². The molecule has 0 radical (unpaired) electrons. The van der Waals surface area contributed by atoms with E-state index >= 15 is 0 Å². The highest BCUT2D eigenvalue weighted by atomic mass is 35.5. The van der Waals surface area contributed by atoms with E-state index < -0.39 is 0 Å². The van der Waals surface area contributed by atoms with Crippen LogP contribution in [0.25, 0.3) is 21.6 Å². The second-order valence-electron chi connectivity index (χ2n) is 7.27. The molecular weight excluding hydrogens is 434 g/mol. The average Bonchev–Trinajstić information content (AvgIpc) is 3.41. The zero-order valence-electron chi connectivity index (χ0n) is 16.6. The van der Waals surface area contributed by atoms with Crippen molar-refractivity contribution in [2.75, 3.05) is 31.6 Å². The maximum absolute atomic E-state index is 12.7. The Kier molecular flexibility index (Phi) is 5.69. The van der Waals surface area contributed by atoms with Gasteiger partial charge in [-0.2, -0.15) is 0 Å². The molecule has 0 aliphatic carbocycles. The van der Waals surface area contributed by atoms with Crippen LogP contribution in [0.4, 0.5) is 5.69 Å². The molecule has 2 N–H and O–H groups in total. The van der Waals surface area contributed by atoms with Gasteiger partial charge in [0.05, 0.1) is 42.0 Å². The highest BCUT2D eigenvalue weighted by molar-refractivity contribution is 7.17. The van der Waals surface area contributed by atoms with Crippen molar-refractivity contribution in [3.05, 3.63) is 64.4 Å². The molecule has 7 nitrogen and oxygen atoms in total. The van der Waals surface area contributed by atoms with Gasteiger partial charge in [0, 0.05) is 24.3 Å². The van der Waals surface area contributed by atoms with Gasteiger partial charge in [0.15, 0.2) is 0 Å². The van der Waals surface area contributed by atoms with Crippen LogP contribution in [0, 0.1) is 0 Å². The number of ether oxygens (including phenoxy) is 1. The number of imidazole rings is 1. The third kappa shape index (κ3) is 4.47. The number of benzene rings is 2. The molecule has 0 spiro atoms. The van der Waals surface area contributed by atoms with Crippen molar-refractivity contribution in [2.45, 2.75) is 6.54 Å². The quantitative estimate of drug-likeness (QED) is 0.467. The zero-order chi connectivity index (χ0) is 21.2. The summed E-state index contributed by atoms with van der Waals surface area (Å²) in [5.41, 5.74) is 3.29. The van der Waals surface area contributed by atoms with Crippen LogP contribution in [0.1, 0.15) is 15.5 Å². The fourth-order valence-electron chi connectivity index (χ4n) is 3.52. The van der Waals surface area contributed by atoms with E-state index in [1.54, 1.807) is 6.20 Å². The molecule has 1 fully saturated rings. The molecule has 2 aromatic heterocycles. The van der Waals surface area contributed by atoms with Gasteiger partial charge in [-0.3, -0.25) is 9.69 Å². The van der Waals surface area contributed by atoms with Crippen LogP contribution in [-0.2, 0) is 11.3 Å². The smallest absolute Gasteiger partial charge is 0.267 e. The van der Waals surface area contributed by atoms with Gasteiger partial charge >= 0.3 is 0 Å². The van der Waals surface area contributed by atoms with Crippen LogP contribution in [0.5, 0.6) is 0 Å². The van der Waals surface area contributed by atoms with Crippen LogP contribution in [-0.4, -0.2) is 52.1 Å². The first-order valence-corrected chi connectivity index (χ1v) is 11.2. The average molecular weight is 454 g/mol. The number of hydrogen-bond donors (Lipinski definition) is 2. The number of nitrogens with one attached hydrogen (secondary N) is 2. The zero-order valence-corrected chi connectivity index (χ0v) is 18.2. The normalized spacial score (nSPS) is 14.7. The number of thiazole rings is 1. The lowest BCUT2D eigenvalue weighted by molar-refractivity contribution is 0.0332. The van der Waals surface area contributed by atoms with Crippen LogP contribution >= 0.6 is 22.9 Å². The van der Waals surface area contributed by atoms with E-state index in [2.05, 4.69) is 25.2 Å². The standard InChI is InChI=1S/C22H20ClN5O2S/c23-16-4-2-1-3-15(16)22-24-12-19(31-22)21(29)25-14-5-6-17-18(11-14)27-20(26-17)13-28-7-9-30-10-8-28/h1-6,11-12H,7-10,13H2,(H,25,29)(H,26,27). The Hall–Kier alpha value is -2.78. The van der Waals surface area contributed by atoms with Crippen molar-refractivity contribution in [1.82, 2.24) is 19.9 Å². The van der Waals surface area contributed by atoms with Crippen molar-refractivity contribution in [1.29, 1.82) is 0 Å². The van der Waals surface area contributed by atoms with Crippen LogP contribution in [0.3, 0.4) is 0 Å². The van der Waals surface area contributed by atoms with Gasteiger partial charge in [0.1, 0.15) is 15.7 Å². The summed E-state index contributed by atoms with van der Waals surface area (Å²) in [4.78, 5) is 27.9. The first kappa shape index (κ1) is 20.1. The van der Waals surface area contributed by atoms with Gasteiger partial charge in [0.2, 0.25) is 0 Å². The SMILES string of the molecule is O=C(Nc1ccc2nc(CN3CCOCC3)[nH]c2c1)c1cnc(-c2ccccc2Cl)s1. The second kappa shape index (κ2) is 8.76. The Balaban J connectivity index is 1.30. The number of carbonyl (C=O) groups is 1. The molecule has 31 heavy (non-hydrogen) atoms. The van der Waals surface area contributed by atoms with Crippen molar-refractivity contribution >= 4 is 45.6 Å². The van der Waals surface area contributed by atoms with Crippen LogP contribution in [0.15, 0.2) is 48.7 Å². The number of halogens is 1. The Labute approximate surface area is 188 Å². The summed E-state index contributed by atoms with van der Waals surface area (Å²) < 4.78 is 5.40. The van der Waals surface area contributed by atoms with Crippen molar-refractivity contribution in [2.24, 2.45) is 0 Å². The lowest BCUT2D eigenvalue weighted by Gasteiger charge is -2.25. The largest absolute Gasteiger partial charge is 0.379 e. The molecular formula is C22H20ClN5O2S. The first-order valence-electron chi connectivity index (χ1n) is 9.96. The monoisotopic (exact) mass is 453 g/mol. The lowest BCUT2D eigenvalue weighted by Crippen LogP contribution is -2.35. The van der Waals surface area contributed by atoms with Gasteiger partial charge < -0.3 is 15.0 Å². The predicted octanol–water partition coefficient (Wildman–Crippen LogP) is 4.42. The minimum atomic E-state index is -0.205. The van der Waals surface area contributed by atoms with E-state index in [1.807, 2.05) is 42.5 Å². The minimum Gasteiger partial charge on any atom is -0.379 e. The first-order chi connectivity index (χ1) is 15.2. The summed E-state index contributed by atoms with van der Waals surface area (Å²) in [7, 11) is 0. The molecule has 158 valence electrons. The fourth-order valence-corrected chi connectivity index (χ4v) is 4.65. The summed E-state index contributed by atoms with van der Waals surface area (Å²) in [5, 5.41) is 4.27. The third-order valence-corrected chi connectivity index (χ3v) is 6.46. The minimum absolute atomic E-state index is 0.205. The van der Waals surface area contributed by atoms with E-state index in [4.69, 9.17) is 16.3 Å². The number of anilines is 1. The molecule has 0 bridgehead atoms. The number of morpholine rings is 1. The number of rotatable bonds is 5. The number of hydrogen-bond acceptors (Lipinski definition) is 6. The van der Waals surface area contributed by atoms with E-state index in [-0.39, 0.29) is 5.91 Å². The number of H-pyrrole nitrogens is 1. The lowest BCUT2D eigenvalue weighted by atomic mass is 10.2. The van der Waals surface area contributed by atoms with Gasteiger partial charge in [0.25, 0.3) is 5.91 Å². The Bertz CT molecular complexity index is 1230. The van der Waals surface area contributed by atoms with Gasteiger partial charge in [-0.15, -0.1) is 11.3 Å². The molecule has 5 rings (SSSR count). The summed E-state index contributed by atoms with van der Waals surface area (Å²) in [6, 6.07) is 13.1. The molecule has 1 saturated heterocycles.